The Bertz CT molecular complexity index is 2390. The van der Waals surface area contributed by atoms with E-state index in [1.807, 2.05) is 0 Å². The Kier molecular flexibility index (Phi) is 6.66. The summed E-state index contributed by atoms with van der Waals surface area (Å²) in [6, 6.07) is 43.2. The van der Waals surface area contributed by atoms with Gasteiger partial charge >= 0.3 is 0 Å². The van der Waals surface area contributed by atoms with Crippen LogP contribution < -0.4 is 4.90 Å². The molecule has 0 bridgehead atoms. The molecule has 7 aliphatic rings. The van der Waals surface area contributed by atoms with E-state index in [4.69, 9.17) is 0 Å². The minimum Gasteiger partial charge on any atom is -0.310 e. The van der Waals surface area contributed by atoms with Gasteiger partial charge in [0.05, 0.1) is 5.69 Å². The summed E-state index contributed by atoms with van der Waals surface area (Å²) < 4.78 is 0. The molecule has 0 radical (unpaired) electrons. The lowest BCUT2D eigenvalue weighted by Crippen LogP contribution is -2.88. The van der Waals surface area contributed by atoms with Crippen LogP contribution in [-0.2, 0) is 16.2 Å². The molecule has 5 unspecified atom stereocenters. The van der Waals surface area contributed by atoms with Crippen LogP contribution in [0.4, 0.5) is 17.1 Å². The molecule has 5 atom stereocenters. The van der Waals surface area contributed by atoms with E-state index < -0.39 is 0 Å². The Balaban J connectivity index is 1.06. The Labute approximate surface area is 328 Å². The summed E-state index contributed by atoms with van der Waals surface area (Å²) in [6.45, 7) is 9.58. The second-order valence-corrected chi connectivity index (χ2v) is 20.1. The van der Waals surface area contributed by atoms with Crippen LogP contribution in [0.15, 0.2) is 115 Å². The first-order valence-corrected chi connectivity index (χ1v) is 21.8. The van der Waals surface area contributed by atoms with E-state index in [2.05, 4.69) is 154 Å². The zero-order chi connectivity index (χ0) is 36.9. The minimum atomic E-state index is 0.0934. The molecular weight excluding hydrogens is 663 g/mol. The molecule has 0 aromatic heterocycles. The van der Waals surface area contributed by atoms with Gasteiger partial charge in [-0.3, -0.25) is 0 Å². The van der Waals surface area contributed by atoms with Crippen molar-refractivity contribution in [3.8, 4) is 22.3 Å². The number of rotatable bonds is 5. The van der Waals surface area contributed by atoms with Crippen molar-refractivity contribution in [1.82, 2.24) is 0 Å². The number of nitrogens with zero attached hydrogens (tertiary/aromatic N) is 1. The number of hydrogen-bond acceptors (Lipinski definition) is 1. The lowest BCUT2D eigenvalue weighted by atomic mass is 9.11. The first kappa shape index (κ1) is 32.8. The third-order valence-corrected chi connectivity index (χ3v) is 17.1. The van der Waals surface area contributed by atoms with Crippen LogP contribution in [0.3, 0.4) is 0 Å². The highest BCUT2D eigenvalue weighted by molar-refractivity contribution is 5.93. The second kappa shape index (κ2) is 11.1. The average molecular weight is 718 g/mol. The number of fused-ring (bicyclic) bond motifs is 8. The van der Waals surface area contributed by atoms with Gasteiger partial charge in [0, 0.05) is 22.4 Å². The van der Waals surface area contributed by atoms with E-state index >= 15 is 0 Å². The molecule has 2 spiro atoms. The van der Waals surface area contributed by atoms with E-state index in [1.54, 1.807) is 16.7 Å². The normalized spacial score (nSPS) is 31.8. The topological polar surface area (TPSA) is 3.24 Å². The molecule has 7 aliphatic carbocycles. The van der Waals surface area contributed by atoms with Gasteiger partial charge < -0.3 is 4.90 Å². The average Bonchev–Trinajstić information content (AvgIpc) is 3.47. The molecule has 276 valence electrons. The van der Waals surface area contributed by atoms with E-state index in [9.17, 15) is 0 Å². The van der Waals surface area contributed by atoms with Gasteiger partial charge in [-0.25, -0.2) is 0 Å². The second-order valence-electron chi connectivity index (χ2n) is 20.1. The van der Waals surface area contributed by atoms with Crippen LogP contribution in [-0.4, -0.2) is 0 Å². The SMILES string of the molecule is CC(C)(C)c1ccc(N(c2ccc3c(c2)C2(c4ccccc4-3)C3CC4CC5CC2C453)c2ccccc2-c2cccc3c2C(C)(C2CCCCC2)CC=C3)cc1. The van der Waals surface area contributed by atoms with Gasteiger partial charge in [0.15, 0.2) is 0 Å². The summed E-state index contributed by atoms with van der Waals surface area (Å²) in [7, 11) is 0. The molecule has 0 saturated heterocycles. The number of allylic oxidation sites excluding steroid dienone is 1. The first-order chi connectivity index (χ1) is 26.8. The van der Waals surface area contributed by atoms with Crippen LogP contribution in [0.5, 0.6) is 0 Å². The summed E-state index contributed by atoms with van der Waals surface area (Å²) in [5, 5.41) is 0. The molecule has 5 saturated carbocycles. The van der Waals surface area contributed by atoms with Crippen LogP contribution in [0, 0.1) is 35.0 Å². The zero-order valence-electron chi connectivity index (χ0n) is 33.2. The summed E-state index contributed by atoms with van der Waals surface area (Å²) in [4.78, 5) is 2.62. The maximum absolute atomic E-state index is 2.67. The summed E-state index contributed by atoms with van der Waals surface area (Å²) in [5.74, 6) is 4.35. The van der Waals surface area contributed by atoms with Crippen molar-refractivity contribution in [3.05, 3.63) is 143 Å². The highest BCUT2D eigenvalue weighted by Crippen LogP contribution is 2.94. The molecular formula is C54H55N. The monoisotopic (exact) mass is 717 g/mol. The third-order valence-electron chi connectivity index (χ3n) is 17.1. The van der Waals surface area contributed by atoms with E-state index in [0.717, 1.165) is 30.1 Å². The highest BCUT2D eigenvalue weighted by atomic mass is 15.1. The highest BCUT2D eigenvalue weighted by Gasteiger charge is 2.90. The number of para-hydroxylation sites is 1. The zero-order valence-corrected chi connectivity index (χ0v) is 33.2. The molecule has 55 heavy (non-hydrogen) atoms. The van der Waals surface area contributed by atoms with Crippen LogP contribution in [0.1, 0.15) is 113 Å². The largest absolute Gasteiger partial charge is 0.310 e. The van der Waals surface area contributed by atoms with Crippen molar-refractivity contribution in [1.29, 1.82) is 0 Å². The maximum Gasteiger partial charge on any atom is 0.0540 e. The van der Waals surface area contributed by atoms with E-state index in [-0.39, 0.29) is 16.2 Å². The molecule has 0 aliphatic heterocycles. The lowest BCUT2D eigenvalue weighted by molar-refractivity contribution is -0.412. The summed E-state index contributed by atoms with van der Waals surface area (Å²) in [6.07, 6.45) is 17.2. The summed E-state index contributed by atoms with van der Waals surface area (Å²) in [5.41, 5.74) is 18.3. The fourth-order valence-corrected chi connectivity index (χ4v) is 14.7. The lowest BCUT2D eigenvalue weighted by Gasteiger charge is -2.92. The fourth-order valence-electron chi connectivity index (χ4n) is 14.7. The number of hydrogen-bond donors (Lipinski definition) is 0. The van der Waals surface area contributed by atoms with Crippen LogP contribution in [0.25, 0.3) is 28.3 Å². The minimum absolute atomic E-state index is 0.0934. The van der Waals surface area contributed by atoms with Crippen LogP contribution >= 0.6 is 0 Å². The van der Waals surface area contributed by atoms with Gasteiger partial charge in [0.2, 0.25) is 0 Å². The molecule has 12 rings (SSSR count). The third kappa shape index (κ3) is 4.01. The molecule has 1 nitrogen and oxygen atoms in total. The van der Waals surface area contributed by atoms with E-state index in [1.165, 1.54) is 102 Å². The number of benzene rings is 5. The van der Waals surface area contributed by atoms with Gasteiger partial charge in [0.25, 0.3) is 0 Å². The van der Waals surface area contributed by atoms with Gasteiger partial charge in [0.1, 0.15) is 0 Å². The smallest absolute Gasteiger partial charge is 0.0540 e. The quantitative estimate of drug-likeness (QED) is 0.175. The predicted octanol–water partition coefficient (Wildman–Crippen LogP) is 14.3. The Morgan fingerprint density at radius 1 is 0.600 bits per heavy atom. The van der Waals surface area contributed by atoms with Crippen molar-refractivity contribution < 1.29 is 0 Å². The molecule has 1 heteroatoms. The van der Waals surface area contributed by atoms with Gasteiger partial charge in [-0.15, -0.1) is 0 Å². The molecule has 5 aromatic carbocycles. The number of anilines is 3. The Morgan fingerprint density at radius 3 is 2.02 bits per heavy atom. The Hall–Kier alpha value is -4.36. The molecule has 5 fully saturated rings. The van der Waals surface area contributed by atoms with Gasteiger partial charge in [-0.05, 0) is 159 Å². The van der Waals surface area contributed by atoms with Gasteiger partial charge in [-0.2, -0.15) is 0 Å². The maximum atomic E-state index is 2.67. The van der Waals surface area contributed by atoms with Crippen molar-refractivity contribution in [2.45, 2.75) is 102 Å². The fraction of sp³-hybridized carbons (Fsp3) is 0.407. The molecule has 0 amide bonds. The first-order valence-electron chi connectivity index (χ1n) is 21.8. The van der Waals surface area contributed by atoms with E-state index in [0.29, 0.717) is 11.3 Å². The molecule has 0 N–H and O–H groups in total. The molecule has 5 aromatic rings. The van der Waals surface area contributed by atoms with Crippen LogP contribution in [0.2, 0.25) is 0 Å². The van der Waals surface area contributed by atoms with Gasteiger partial charge in [-0.1, -0.05) is 138 Å². The molecule has 0 heterocycles. The predicted molar refractivity (Wildman–Crippen MR) is 229 cm³/mol. The summed E-state index contributed by atoms with van der Waals surface area (Å²) >= 11 is 0. The Morgan fingerprint density at radius 2 is 1.27 bits per heavy atom. The van der Waals surface area contributed by atoms with Crippen molar-refractivity contribution in [2.24, 2.45) is 35.0 Å². The van der Waals surface area contributed by atoms with Crippen molar-refractivity contribution in [2.75, 3.05) is 4.90 Å². The standard InChI is InChI=1S/C54H55N/c1-51(2,3)35-23-25-39(26-24-35)55(47-22-11-9-19-43(47)44-20-12-14-34-15-13-29-52(4,50(34)44)36-16-6-5-7-17-36)40-27-28-42-41-18-8-10-21-45(41)54(46(42)33-40)48-31-37-30-38-32-49(54)53(37,38)48/h8-15,18-28,33,36-38,48-49H,5-7,16-17,29-32H2,1-4H3. The van der Waals surface area contributed by atoms with Crippen molar-refractivity contribution in [3.63, 3.8) is 0 Å². The van der Waals surface area contributed by atoms with Crippen molar-refractivity contribution >= 4 is 23.1 Å².